The Hall–Kier alpha value is 0.490. The van der Waals surface area contributed by atoms with Gasteiger partial charge in [-0.15, -0.1) is 0 Å². The number of methoxy groups -OCH3 is 1. The van der Waals surface area contributed by atoms with Gasteiger partial charge in [-0.1, -0.05) is 0 Å². The first-order valence-electron chi connectivity index (χ1n) is 3.67. The van der Waals surface area contributed by atoms with E-state index in [1.165, 1.54) is 17.3 Å². The second-order valence-corrected chi connectivity index (χ2v) is 4.94. The molecule has 0 radical (unpaired) electrons. The topological polar surface area (TPSA) is 9.23 Å². The number of hydrogen-bond acceptors (Lipinski definition) is 1. The Labute approximate surface area is 73.9 Å². The van der Waals surface area contributed by atoms with Gasteiger partial charge in [0.2, 0.25) is 0 Å². The molecule has 0 N–H and O–H groups in total. The second-order valence-electron chi connectivity index (χ2n) is 2.05. The molecule has 0 atom stereocenters. The van der Waals surface area contributed by atoms with E-state index < -0.39 is 0 Å². The van der Waals surface area contributed by atoms with Crippen molar-refractivity contribution in [1.29, 1.82) is 0 Å². The molecular weight excluding hydrogens is 240 g/mol. The van der Waals surface area contributed by atoms with Crippen LogP contribution in [-0.4, -0.2) is 34.6 Å². The van der Waals surface area contributed by atoms with Gasteiger partial charge >= 0.3 is 73.8 Å². The molecule has 60 valence electrons. The van der Waals surface area contributed by atoms with Crippen LogP contribution >= 0.6 is 0 Å². The zero-order valence-electron chi connectivity index (χ0n) is 6.80. The minimum absolute atomic E-state index is 0.189. The fourth-order valence-corrected chi connectivity index (χ4v) is 2.80. The van der Waals surface area contributed by atoms with E-state index in [9.17, 15) is 0 Å². The average molecular weight is 256 g/mol. The molecule has 0 aromatic rings. The maximum absolute atomic E-state index is 4.88. The molecule has 0 saturated heterocycles. The summed E-state index contributed by atoms with van der Waals surface area (Å²) in [5, 5.41) is 0. The van der Waals surface area contributed by atoms with Crippen LogP contribution in [-0.2, 0) is 4.74 Å². The minimum atomic E-state index is 0.189. The van der Waals surface area contributed by atoms with Crippen LogP contribution < -0.4 is 0 Å². The van der Waals surface area contributed by atoms with Crippen LogP contribution in [0, 0.1) is 0 Å². The van der Waals surface area contributed by atoms with E-state index in [-0.39, 0.29) is 20.9 Å². The molecule has 0 unspecified atom stereocenters. The van der Waals surface area contributed by atoms with Crippen molar-refractivity contribution in [2.45, 2.75) is 24.2 Å². The summed E-state index contributed by atoms with van der Waals surface area (Å²) in [4.78, 5) is 0. The van der Waals surface area contributed by atoms with Crippen molar-refractivity contribution in [1.82, 2.24) is 0 Å². The zero-order chi connectivity index (χ0) is 7.66. The Morgan fingerprint density at radius 1 is 1.50 bits per heavy atom. The SMILES string of the molecule is CCCC[Te]/C=C\COC. The molecule has 0 bridgehead atoms. The zero-order valence-corrected chi connectivity index (χ0v) is 9.13. The molecule has 0 rings (SSSR count). The molecule has 0 aromatic carbocycles. The molecule has 0 amide bonds. The Balaban J connectivity index is 2.88. The van der Waals surface area contributed by atoms with Crippen molar-refractivity contribution in [2.24, 2.45) is 0 Å². The van der Waals surface area contributed by atoms with E-state index in [0.29, 0.717) is 0 Å². The molecule has 0 aliphatic rings. The predicted octanol–water partition coefficient (Wildman–Crippen LogP) is 2.07. The summed E-state index contributed by atoms with van der Waals surface area (Å²) in [6.07, 6.45) is 4.88. The van der Waals surface area contributed by atoms with Crippen LogP contribution in [0.15, 0.2) is 10.2 Å². The standard InChI is InChI=1S/C8H16OTe/c1-3-4-7-10-8-5-6-9-2/h5,8H,3-4,6-7H2,1-2H3/b8-5-. The van der Waals surface area contributed by atoms with Crippen molar-refractivity contribution in [3.8, 4) is 0 Å². The average Bonchev–Trinajstić information content (AvgIpc) is 1.97. The van der Waals surface area contributed by atoms with E-state index in [0.717, 1.165) is 6.61 Å². The van der Waals surface area contributed by atoms with Gasteiger partial charge in [0, 0.05) is 0 Å². The van der Waals surface area contributed by atoms with E-state index >= 15 is 0 Å². The molecule has 0 fully saturated rings. The summed E-state index contributed by atoms with van der Waals surface area (Å²) in [5.41, 5.74) is 0. The van der Waals surface area contributed by atoms with Crippen LogP contribution in [0.2, 0.25) is 4.47 Å². The first-order chi connectivity index (χ1) is 4.91. The van der Waals surface area contributed by atoms with Gasteiger partial charge in [-0.05, 0) is 0 Å². The van der Waals surface area contributed by atoms with Gasteiger partial charge in [-0.2, -0.15) is 0 Å². The quantitative estimate of drug-likeness (QED) is 0.522. The monoisotopic (exact) mass is 258 g/mol. The Morgan fingerprint density at radius 2 is 2.30 bits per heavy atom. The first kappa shape index (κ1) is 10.5. The van der Waals surface area contributed by atoms with Gasteiger partial charge in [0.25, 0.3) is 0 Å². The van der Waals surface area contributed by atoms with E-state index in [2.05, 4.69) is 17.1 Å². The number of unbranched alkanes of at least 4 members (excludes halogenated alkanes) is 1. The molecular formula is C8H16OTe. The summed E-state index contributed by atoms with van der Waals surface area (Å²) < 4.78 is 8.65. The van der Waals surface area contributed by atoms with Gasteiger partial charge < -0.3 is 0 Å². The molecule has 2 heteroatoms. The summed E-state index contributed by atoms with van der Waals surface area (Å²) in [6.45, 7) is 3.03. The Bertz CT molecular complexity index is 81.3. The van der Waals surface area contributed by atoms with Crippen molar-refractivity contribution in [3.05, 3.63) is 10.2 Å². The number of rotatable bonds is 6. The third-order valence-corrected chi connectivity index (χ3v) is 3.67. The Kier molecular flexibility index (Phi) is 9.95. The van der Waals surface area contributed by atoms with Gasteiger partial charge in [0.1, 0.15) is 0 Å². The van der Waals surface area contributed by atoms with Crippen molar-refractivity contribution >= 4 is 20.9 Å². The molecule has 0 saturated carbocycles. The second kappa shape index (κ2) is 9.49. The van der Waals surface area contributed by atoms with Crippen LogP contribution in [0.3, 0.4) is 0 Å². The van der Waals surface area contributed by atoms with Gasteiger partial charge in [-0.3, -0.25) is 0 Å². The van der Waals surface area contributed by atoms with E-state index in [1.807, 2.05) is 0 Å². The predicted molar refractivity (Wildman–Crippen MR) is 46.5 cm³/mol. The van der Waals surface area contributed by atoms with E-state index in [4.69, 9.17) is 4.74 Å². The Morgan fingerprint density at radius 3 is 2.90 bits per heavy atom. The molecule has 0 aromatic heterocycles. The molecule has 0 aliphatic carbocycles. The molecule has 10 heavy (non-hydrogen) atoms. The van der Waals surface area contributed by atoms with Gasteiger partial charge in [0.15, 0.2) is 0 Å². The van der Waals surface area contributed by atoms with Crippen LogP contribution in [0.25, 0.3) is 0 Å². The molecule has 0 aliphatic heterocycles. The summed E-state index contributed by atoms with van der Waals surface area (Å²) in [5.74, 6) is 0. The fraction of sp³-hybridized carbons (Fsp3) is 0.750. The normalized spacial score (nSPS) is 11.0. The van der Waals surface area contributed by atoms with Gasteiger partial charge in [0.05, 0.1) is 0 Å². The third-order valence-electron chi connectivity index (χ3n) is 1.07. The molecule has 0 heterocycles. The van der Waals surface area contributed by atoms with E-state index in [1.54, 1.807) is 7.11 Å². The van der Waals surface area contributed by atoms with Crippen LogP contribution in [0.1, 0.15) is 19.8 Å². The molecule has 1 nitrogen and oxygen atoms in total. The summed E-state index contributed by atoms with van der Waals surface area (Å²) in [7, 11) is 1.73. The third kappa shape index (κ3) is 8.49. The number of ether oxygens (including phenoxy) is 1. The van der Waals surface area contributed by atoms with Crippen molar-refractivity contribution in [3.63, 3.8) is 0 Å². The summed E-state index contributed by atoms with van der Waals surface area (Å²) >= 11 is 0.189. The molecule has 0 spiro atoms. The van der Waals surface area contributed by atoms with Crippen LogP contribution in [0.5, 0.6) is 0 Å². The van der Waals surface area contributed by atoms with Gasteiger partial charge in [-0.25, -0.2) is 0 Å². The summed E-state index contributed by atoms with van der Waals surface area (Å²) in [6, 6.07) is 0. The van der Waals surface area contributed by atoms with Crippen molar-refractivity contribution < 1.29 is 4.74 Å². The fourth-order valence-electron chi connectivity index (χ4n) is 0.499. The van der Waals surface area contributed by atoms with Crippen LogP contribution in [0.4, 0.5) is 0 Å². The van der Waals surface area contributed by atoms with Crippen molar-refractivity contribution in [2.75, 3.05) is 13.7 Å². The number of hydrogen-bond donors (Lipinski definition) is 0. The maximum atomic E-state index is 4.88. The first-order valence-corrected chi connectivity index (χ1v) is 6.66.